The Bertz CT molecular complexity index is 601. The lowest BCUT2D eigenvalue weighted by atomic mass is 10.1. The van der Waals surface area contributed by atoms with Crippen LogP contribution in [-0.4, -0.2) is 21.9 Å². The SMILES string of the molecule is Cn1c(C(=O)O)c(C=O)c2cccc(Cl)c21. The first kappa shape index (κ1) is 10.7. The van der Waals surface area contributed by atoms with Gasteiger partial charge in [0, 0.05) is 12.4 Å². The molecule has 82 valence electrons. The van der Waals surface area contributed by atoms with Gasteiger partial charge in [0.2, 0.25) is 0 Å². The highest BCUT2D eigenvalue weighted by Gasteiger charge is 2.21. The van der Waals surface area contributed by atoms with Crippen LogP contribution in [0.3, 0.4) is 0 Å². The number of aryl methyl sites for hydroxylation is 1. The Balaban J connectivity index is 3.02. The van der Waals surface area contributed by atoms with Crippen LogP contribution in [0.2, 0.25) is 5.02 Å². The standard InChI is InChI=1S/C11H8ClNO3/c1-13-9-6(3-2-4-8(9)12)7(5-14)10(13)11(15)16/h2-5H,1H3,(H,15,16). The summed E-state index contributed by atoms with van der Waals surface area (Å²) in [5.74, 6) is -1.14. The van der Waals surface area contributed by atoms with Crippen molar-refractivity contribution in [1.29, 1.82) is 0 Å². The van der Waals surface area contributed by atoms with Gasteiger partial charge < -0.3 is 9.67 Å². The van der Waals surface area contributed by atoms with Gasteiger partial charge in [0.1, 0.15) is 5.69 Å². The van der Waals surface area contributed by atoms with E-state index < -0.39 is 5.97 Å². The Labute approximate surface area is 96.0 Å². The second kappa shape index (κ2) is 3.64. The molecule has 4 nitrogen and oxygen atoms in total. The minimum Gasteiger partial charge on any atom is -0.477 e. The van der Waals surface area contributed by atoms with Crippen LogP contribution in [-0.2, 0) is 7.05 Å². The fourth-order valence-corrected chi connectivity index (χ4v) is 2.17. The minimum atomic E-state index is -1.14. The predicted octanol–water partition coefficient (Wildman–Crippen LogP) is 2.34. The lowest BCUT2D eigenvalue weighted by Gasteiger charge is -2.00. The highest BCUT2D eigenvalue weighted by atomic mass is 35.5. The number of fused-ring (bicyclic) bond motifs is 1. The summed E-state index contributed by atoms with van der Waals surface area (Å²) < 4.78 is 1.42. The summed E-state index contributed by atoms with van der Waals surface area (Å²) in [5, 5.41) is 10.0. The van der Waals surface area contributed by atoms with E-state index >= 15 is 0 Å². The van der Waals surface area contributed by atoms with E-state index in [0.717, 1.165) is 0 Å². The molecular weight excluding hydrogens is 230 g/mol. The van der Waals surface area contributed by atoms with Crippen LogP contribution < -0.4 is 0 Å². The lowest BCUT2D eigenvalue weighted by Crippen LogP contribution is -2.06. The van der Waals surface area contributed by atoms with Gasteiger partial charge in [-0.1, -0.05) is 23.7 Å². The number of carboxylic acids is 1. The lowest BCUT2D eigenvalue weighted by molar-refractivity contribution is 0.0684. The van der Waals surface area contributed by atoms with Crippen molar-refractivity contribution in [2.75, 3.05) is 0 Å². The summed E-state index contributed by atoms with van der Waals surface area (Å²) in [7, 11) is 1.57. The predicted molar refractivity (Wildman–Crippen MR) is 60.3 cm³/mol. The van der Waals surface area contributed by atoms with Gasteiger partial charge in [-0.2, -0.15) is 0 Å². The van der Waals surface area contributed by atoms with Gasteiger partial charge in [-0.05, 0) is 6.07 Å². The molecule has 0 saturated carbocycles. The normalized spacial score (nSPS) is 10.6. The molecule has 0 aliphatic heterocycles. The zero-order chi connectivity index (χ0) is 11.9. The second-order valence-electron chi connectivity index (χ2n) is 3.38. The van der Waals surface area contributed by atoms with Crippen molar-refractivity contribution in [2.24, 2.45) is 7.05 Å². The molecule has 0 amide bonds. The van der Waals surface area contributed by atoms with Crippen LogP contribution in [0.5, 0.6) is 0 Å². The van der Waals surface area contributed by atoms with Gasteiger partial charge in [-0.15, -0.1) is 0 Å². The van der Waals surface area contributed by atoms with Crippen LogP contribution in [0.25, 0.3) is 10.9 Å². The molecule has 0 aliphatic rings. The number of carboxylic acid groups (broad SMARTS) is 1. The fraction of sp³-hybridized carbons (Fsp3) is 0.0909. The van der Waals surface area contributed by atoms with Gasteiger partial charge in [0.15, 0.2) is 6.29 Å². The van der Waals surface area contributed by atoms with E-state index in [2.05, 4.69) is 0 Å². The van der Waals surface area contributed by atoms with E-state index in [1.807, 2.05) is 0 Å². The van der Waals surface area contributed by atoms with Crippen molar-refractivity contribution >= 4 is 34.8 Å². The Morgan fingerprint density at radius 1 is 1.50 bits per heavy atom. The molecule has 0 fully saturated rings. The highest BCUT2D eigenvalue weighted by Crippen LogP contribution is 2.29. The zero-order valence-electron chi connectivity index (χ0n) is 8.40. The molecular formula is C11H8ClNO3. The molecule has 0 bridgehead atoms. The van der Waals surface area contributed by atoms with Gasteiger partial charge in [0.25, 0.3) is 0 Å². The van der Waals surface area contributed by atoms with E-state index in [0.29, 0.717) is 22.2 Å². The summed E-state index contributed by atoms with van der Waals surface area (Å²) >= 11 is 5.98. The molecule has 1 N–H and O–H groups in total. The van der Waals surface area contributed by atoms with Crippen LogP contribution in [0, 0.1) is 0 Å². The fourth-order valence-electron chi connectivity index (χ4n) is 1.87. The number of para-hydroxylation sites is 1. The number of nitrogens with zero attached hydrogens (tertiary/aromatic N) is 1. The number of aromatic nitrogens is 1. The van der Waals surface area contributed by atoms with Crippen LogP contribution in [0.1, 0.15) is 20.8 Å². The summed E-state index contributed by atoms with van der Waals surface area (Å²) in [6.45, 7) is 0. The van der Waals surface area contributed by atoms with Gasteiger partial charge >= 0.3 is 5.97 Å². The molecule has 0 spiro atoms. The third-order valence-corrected chi connectivity index (χ3v) is 2.83. The largest absolute Gasteiger partial charge is 0.477 e. The van der Waals surface area contributed by atoms with E-state index in [9.17, 15) is 9.59 Å². The number of carbonyl (C=O) groups excluding carboxylic acids is 1. The van der Waals surface area contributed by atoms with E-state index in [1.165, 1.54) is 4.57 Å². The van der Waals surface area contributed by atoms with Crippen molar-refractivity contribution in [1.82, 2.24) is 4.57 Å². The highest BCUT2D eigenvalue weighted by molar-refractivity contribution is 6.35. The quantitative estimate of drug-likeness (QED) is 0.816. The van der Waals surface area contributed by atoms with E-state index in [4.69, 9.17) is 16.7 Å². The number of hydrogen-bond acceptors (Lipinski definition) is 2. The molecule has 1 aromatic heterocycles. The first-order valence-corrected chi connectivity index (χ1v) is 4.91. The third kappa shape index (κ3) is 1.31. The van der Waals surface area contributed by atoms with Crippen LogP contribution in [0.4, 0.5) is 0 Å². The summed E-state index contributed by atoms with van der Waals surface area (Å²) in [4.78, 5) is 22.0. The molecule has 1 aromatic carbocycles. The van der Waals surface area contributed by atoms with Crippen molar-refractivity contribution in [3.05, 3.63) is 34.5 Å². The van der Waals surface area contributed by atoms with Gasteiger partial charge in [-0.25, -0.2) is 4.79 Å². The minimum absolute atomic E-state index is 0.0434. The Hall–Kier alpha value is -1.81. The molecule has 0 radical (unpaired) electrons. The van der Waals surface area contributed by atoms with Crippen molar-refractivity contribution < 1.29 is 14.7 Å². The molecule has 2 aromatic rings. The maximum atomic E-state index is 11.1. The number of benzene rings is 1. The number of aldehydes is 1. The Morgan fingerprint density at radius 3 is 2.75 bits per heavy atom. The Kier molecular flexibility index (Phi) is 2.44. The topological polar surface area (TPSA) is 59.3 Å². The number of rotatable bonds is 2. The average molecular weight is 238 g/mol. The number of aromatic carboxylic acids is 1. The molecule has 0 atom stereocenters. The maximum absolute atomic E-state index is 11.1. The second-order valence-corrected chi connectivity index (χ2v) is 3.79. The molecule has 1 heterocycles. The van der Waals surface area contributed by atoms with E-state index in [-0.39, 0.29) is 11.3 Å². The summed E-state index contributed by atoms with van der Waals surface area (Å²) in [6, 6.07) is 5.02. The van der Waals surface area contributed by atoms with Crippen LogP contribution >= 0.6 is 11.6 Å². The van der Waals surface area contributed by atoms with Crippen molar-refractivity contribution in [3.63, 3.8) is 0 Å². The van der Waals surface area contributed by atoms with E-state index in [1.54, 1.807) is 25.2 Å². The maximum Gasteiger partial charge on any atom is 0.353 e. The number of carbonyl (C=O) groups is 2. The van der Waals surface area contributed by atoms with Crippen molar-refractivity contribution in [3.8, 4) is 0 Å². The number of hydrogen-bond donors (Lipinski definition) is 1. The third-order valence-electron chi connectivity index (χ3n) is 2.52. The van der Waals surface area contributed by atoms with Crippen LogP contribution in [0.15, 0.2) is 18.2 Å². The first-order valence-electron chi connectivity index (χ1n) is 4.53. The molecule has 2 rings (SSSR count). The summed E-state index contributed by atoms with van der Waals surface area (Å²) in [5.41, 5.74) is 0.675. The molecule has 16 heavy (non-hydrogen) atoms. The molecule has 0 saturated heterocycles. The van der Waals surface area contributed by atoms with Crippen molar-refractivity contribution in [2.45, 2.75) is 0 Å². The molecule has 0 unspecified atom stereocenters. The first-order chi connectivity index (χ1) is 7.57. The smallest absolute Gasteiger partial charge is 0.353 e. The van der Waals surface area contributed by atoms with Gasteiger partial charge in [-0.3, -0.25) is 4.79 Å². The van der Waals surface area contributed by atoms with Gasteiger partial charge in [0.05, 0.1) is 16.1 Å². The molecule has 0 aliphatic carbocycles. The number of halogens is 1. The molecule has 5 heteroatoms. The Morgan fingerprint density at radius 2 is 2.19 bits per heavy atom. The summed E-state index contributed by atoms with van der Waals surface area (Å²) in [6.07, 6.45) is 0.544. The average Bonchev–Trinajstić information content (AvgIpc) is 2.52. The monoisotopic (exact) mass is 237 g/mol. The zero-order valence-corrected chi connectivity index (χ0v) is 9.15.